The summed E-state index contributed by atoms with van der Waals surface area (Å²) in [6.45, 7) is 10.2. The second-order valence-electron chi connectivity index (χ2n) is 12.4. The van der Waals surface area contributed by atoms with E-state index >= 15 is 0 Å². The molecule has 222 valence electrons. The summed E-state index contributed by atoms with van der Waals surface area (Å²) < 4.78 is 0. The number of urea groups is 1. The number of likely N-dealkylation sites (tertiary alicyclic amines) is 1. The topological polar surface area (TPSA) is 68.8 Å². The van der Waals surface area contributed by atoms with Gasteiger partial charge in [0.1, 0.15) is 5.15 Å². The van der Waals surface area contributed by atoms with E-state index in [-0.39, 0.29) is 24.0 Å². The molecule has 1 saturated carbocycles. The van der Waals surface area contributed by atoms with Crippen LogP contribution in [0.25, 0.3) is 0 Å². The Hall–Kier alpha value is -2.64. The first-order valence-electron chi connectivity index (χ1n) is 15.6. The van der Waals surface area contributed by atoms with E-state index in [1.807, 2.05) is 13.8 Å². The van der Waals surface area contributed by atoms with Gasteiger partial charge in [0, 0.05) is 44.8 Å². The number of nitrogens with zero attached hydrogens (tertiary/aromatic N) is 4. The van der Waals surface area contributed by atoms with Gasteiger partial charge in [-0.2, -0.15) is 0 Å². The fourth-order valence-electron chi connectivity index (χ4n) is 7.26. The molecular formula is C33H46ClN5O2. The van der Waals surface area contributed by atoms with E-state index in [4.69, 9.17) is 11.6 Å². The Morgan fingerprint density at radius 3 is 2.46 bits per heavy atom. The molecule has 3 fully saturated rings. The molecule has 1 unspecified atom stereocenters. The zero-order valence-electron chi connectivity index (χ0n) is 24.9. The monoisotopic (exact) mass is 579 g/mol. The first-order valence-corrected chi connectivity index (χ1v) is 16.0. The zero-order chi connectivity index (χ0) is 28.9. The Balaban J connectivity index is 1.15. The second-order valence-corrected chi connectivity index (χ2v) is 12.8. The van der Waals surface area contributed by atoms with Crippen molar-refractivity contribution in [2.45, 2.75) is 90.3 Å². The number of carbonyl (C=O) groups is 2. The van der Waals surface area contributed by atoms with Crippen molar-refractivity contribution >= 4 is 23.5 Å². The normalized spacial score (nSPS) is 21.9. The van der Waals surface area contributed by atoms with Gasteiger partial charge in [-0.25, -0.2) is 9.78 Å². The summed E-state index contributed by atoms with van der Waals surface area (Å²) in [6.07, 6.45) is 9.30. The lowest BCUT2D eigenvalue weighted by Crippen LogP contribution is -2.49. The SMILES string of the molecule is Cc1cc(Cl)nc(C)c1C(=O)NCCC(C)N1CCC(N2C(=O)N(CC3CCCCC3)C[C@H]2c2ccccc2)CC1. The molecule has 1 aliphatic carbocycles. The van der Waals surface area contributed by atoms with Crippen molar-refractivity contribution in [3.8, 4) is 0 Å². The Labute approximate surface area is 250 Å². The van der Waals surface area contributed by atoms with Gasteiger partial charge in [0.15, 0.2) is 0 Å². The van der Waals surface area contributed by atoms with E-state index < -0.39 is 0 Å². The summed E-state index contributed by atoms with van der Waals surface area (Å²) in [4.78, 5) is 37.8. The van der Waals surface area contributed by atoms with Crippen LogP contribution in [0.3, 0.4) is 0 Å². The molecule has 0 radical (unpaired) electrons. The van der Waals surface area contributed by atoms with Gasteiger partial charge in [0.05, 0.1) is 17.3 Å². The van der Waals surface area contributed by atoms with Crippen molar-refractivity contribution in [3.05, 3.63) is 63.9 Å². The van der Waals surface area contributed by atoms with Crippen molar-refractivity contribution in [3.63, 3.8) is 0 Å². The van der Waals surface area contributed by atoms with Crippen molar-refractivity contribution in [2.75, 3.05) is 32.7 Å². The third kappa shape index (κ3) is 7.06. The zero-order valence-corrected chi connectivity index (χ0v) is 25.7. The van der Waals surface area contributed by atoms with Gasteiger partial charge in [-0.15, -0.1) is 0 Å². The van der Waals surface area contributed by atoms with Crippen LogP contribution in [0.1, 0.15) is 91.5 Å². The predicted molar refractivity (Wildman–Crippen MR) is 164 cm³/mol. The van der Waals surface area contributed by atoms with Crippen LogP contribution >= 0.6 is 11.6 Å². The molecule has 1 aromatic heterocycles. The molecule has 8 heteroatoms. The first-order chi connectivity index (χ1) is 19.8. The quantitative estimate of drug-likeness (QED) is 0.350. The van der Waals surface area contributed by atoms with E-state index in [1.54, 1.807) is 6.07 Å². The number of hydrogen-bond acceptors (Lipinski definition) is 4. The standard InChI is InChI=1S/C33H46ClN5O2/c1-23-20-30(34)36-25(3)31(23)32(40)35-17-14-24(2)37-18-15-28(16-19-37)39-29(27-12-8-5-9-13-27)22-38(33(39)41)21-26-10-6-4-7-11-26/h5,8-9,12-13,20,24,26,28-29H,4,6-7,10-11,14-19,21-22H2,1-3H3,(H,35,40)/t24?,29-/m0/s1. The van der Waals surface area contributed by atoms with Gasteiger partial charge in [-0.1, -0.05) is 61.2 Å². The fourth-order valence-corrected chi connectivity index (χ4v) is 7.55. The summed E-state index contributed by atoms with van der Waals surface area (Å²) >= 11 is 6.03. The van der Waals surface area contributed by atoms with Crippen molar-refractivity contribution in [2.24, 2.45) is 5.92 Å². The Morgan fingerprint density at radius 1 is 1.07 bits per heavy atom. The van der Waals surface area contributed by atoms with Crippen LogP contribution < -0.4 is 5.32 Å². The van der Waals surface area contributed by atoms with E-state index in [9.17, 15) is 9.59 Å². The minimum atomic E-state index is -0.0904. The lowest BCUT2D eigenvalue weighted by atomic mass is 9.89. The van der Waals surface area contributed by atoms with E-state index in [2.05, 4.69) is 62.3 Å². The molecule has 3 amide bonds. The largest absolute Gasteiger partial charge is 0.352 e. The number of halogens is 1. The number of carbonyl (C=O) groups excluding carboxylic acids is 2. The maximum atomic E-state index is 13.9. The van der Waals surface area contributed by atoms with Crippen LogP contribution in [0.4, 0.5) is 4.79 Å². The maximum absolute atomic E-state index is 13.9. The van der Waals surface area contributed by atoms with Crippen molar-refractivity contribution < 1.29 is 9.59 Å². The molecule has 41 heavy (non-hydrogen) atoms. The molecule has 5 rings (SSSR count). The van der Waals surface area contributed by atoms with Gasteiger partial charge in [-0.05, 0) is 76.0 Å². The average molecular weight is 580 g/mol. The lowest BCUT2D eigenvalue weighted by Gasteiger charge is -2.41. The van der Waals surface area contributed by atoms with Gasteiger partial charge < -0.3 is 20.0 Å². The summed E-state index contributed by atoms with van der Waals surface area (Å²) in [6, 6.07) is 13.3. The van der Waals surface area contributed by atoms with Gasteiger partial charge in [0.25, 0.3) is 5.91 Å². The molecule has 7 nitrogen and oxygen atoms in total. The van der Waals surface area contributed by atoms with Crippen molar-refractivity contribution in [1.82, 2.24) is 25.0 Å². The number of pyridine rings is 1. The Kier molecular flexibility index (Phi) is 9.87. The highest BCUT2D eigenvalue weighted by Crippen LogP contribution is 2.36. The summed E-state index contributed by atoms with van der Waals surface area (Å²) in [7, 11) is 0. The molecule has 2 saturated heterocycles. The predicted octanol–water partition coefficient (Wildman–Crippen LogP) is 6.38. The molecule has 1 N–H and O–H groups in total. The first kappa shape index (κ1) is 29.8. The van der Waals surface area contributed by atoms with Crippen LogP contribution in [0, 0.1) is 19.8 Å². The van der Waals surface area contributed by atoms with E-state index in [0.29, 0.717) is 34.9 Å². The van der Waals surface area contributed by atoms with Crippen molar-refractivity contribution in [1.29, 1.82) is 0 Å². The molecule has 1 aromatic carbocycles. The number of piperidine rings is 1. The molecule has 3 aliphatic rings. The average Bonchev–Trinajstić information content (AvgIpc) is 3.29. The smallest absolute Gasteiger partial charge is 0.320 e. The van der Waals surface area contributed by atoms with Crippen LogP contribution in [0.5, 0.6) is 0 Å². The van der Waals surface area contributed by atoms with Crippen LogP contribution in [-0.2, 0) is 0 Å². The molecular weight excluding hydrogens is 534 g/mol. The highest BCUT2D eigenvalue weighted by Gasteiger charge is 2.43. The lowest BCUT2D eigenvalue weighted by molar-refractivity contribution is 0.0884. The third-order valence-corrected chi connectivity index (χ3v) is 9.76. The highest BCUT2D eigenvalue weighted by atomic mass is 35.5. The summed E-state index contributed by atoms with van der Waals surface area (Å²) in [5.41, 5.74) is 3.37. The highest BCUT2D eigenvalue weighted by molar-refractivity contribution is 6.29. The number of nitrogens with one attached hydrogen (secondary N) is 1. The van der Waals surface area contributed by atoms with E-state index in [0.717, 1.165) is 51.0 Å². The summed E-state index contributed by atoms with van der Waals surface area (Å²) in [5, 5.41) is 3.50. The molecule has 2 atom stereocenters. The van der Waals surface area contributed by atoms with Crippen LogP contribution in [0.15, 0.2) is 36.4 Å². The summed E-state index contributed by atoms with van der Waals surface area (Å²) in [5.74, 6) is 0.559. The Morgan fingerprint density at radius 2 is 1.78 bits per heavy atom. The number of hydrogen-bond donors (Lipinski definition) is 1. The van der Waals surface area contributed by atoms with Crippen LogP contribution in [0.2, 0.25) is 5.15 Å². The fraction of sp³-hybridized carbons (Fsp3) is 0.606. The number of aryl methyl sites for hydroxylation is 2. The third-order valence-electron chi connectivity index (χ3n) is 9.56. The number of benzene rings is 1. The van der Waals surface area contributed by atoms with Crippen LogP contribution in [-0.4, -0.2) is 76.4 Å². The molecule has 0 spiro atoms. The minimum absolute atomic E-state index is 0.0904. The second kappa shape index (κ2) is 13.6. The molecule has 2 aliphatic heterocycles. The molecule has 0 bridgehead atoms. The molecule has 3 heterocycles. The van der Waals surface area contributed by atoms with E-state index in [1.165, 1.54) is 37.7 Å². The minimum Gasteiger partial charge on any atom is -0.352 e. The van der Waals surface area contributed by atoms with Gasteiger partial charge in [-0.3, -0.25) is 4.79 Å². The maximum Gasteiger partial charge on any atom is 0.320 e. The van der Waals surface area contributed by atoms with Gasteiger partial charge in [0.2, 0.25) is 0 Å². The number of rotatable bonds is 9. The number of amides is 3. The Bertz CT molecular complexity index is 1170. The van der Waals surface area contributed by atoms with Gasteiger partial charge >= 0.3 is 6.03 Å². The number of aromatic nitrogens is 1. The molecule has 2 aromatic rings.